The third-order valence-electron chi connectivity index (χ3n) is 2.98. The highest BCUT2D eigenvalue weighted by atomic mass is 35.5. The van der Waals surface area contributed by atoms with Gasteiger partial charge >= 0.3 is 0 Å². The second-order valence-electron chi connectivity index (χ2n) is 4.57. The number of rotatable bonds is 2. The van der Waals surface area contributed by atoms with Crippen molar-refractivity contribution < 1.29 is 4.74 Å². The average molecular weight is 316 g/mol. The Labute approximate surface area is 130 Å². The number of thiophene rings is 1. The van der Waals surface area contributed by atoms with Crippen LogP contribution >= 0.6 is 22.9 Å². The Morgan fingerprint density at radius 3 is 2.81 bits per heavy atom. The van der Waals surface area contributed by atoms with Gasteiger partial charge in [-0.1, -0.05) is 6.07 Å². The molecule has 0 unspecified atom stereocenters. The molecule has 0 amide bonds. The van der Waals surface area contributed by atoms with Crippen molar-refractivity contribution in [3.63, 3.8) is 0 Å². The molecule has 0 radical (unpaired) electrons. The van der Waals surface area contributed by atoms with Gasteiger partial charge in [0, 0.05) is 4.88 Å². The maximum absolute atomic E-state index is 8.99. The van der Waals surface area contributed by atoms with Gasteiger partial charge in [0.2, 0.25) is 11.2 Å². The summed E-state index contributed by atoms with van der Waals surface area (Å²) < 4.78 is 5.88. The van der Waals surface area contributed by atoms with E-state index in [-0.39, 0.29) is 5.28 Å². The highest BCUT2D eigenvalue weighted by Gasteiger charge is 2.13. The summed E-state index contributed by atoms with van der Waals surface area (Å²) in [6, 6.07) is 9.34. The Morgan fingerprint density at radius 1 is 1.24 bits per heavy atom. The molecule has 0 N–H and O–H groups in total. The first-order valence-electron chi connectivity index (χ1n) is 6.19. The highest BCUT2D eigenvalue weighted by molar-refractivity contribution is 7.18. The lowest BCUT2D eigenvalue weighted by molar-refractivity contribution is 0.465. The van der Waals surface area contributed by atoms with Gasteiger partial charge in [-0.25, -0.2) is 4.98 Å². The van der Waals surface area contributed by atoms with E-state index >= 15 is 0 Å². The summed E-state index contributed by atoms with van der Waals surface area (Å²) in [4.78, 5) is 10.3. The summed E-state index contributed by atoms with van der Waals surface area (Å²) in [6.45, 7) is 3.90. The summed E-state index contributed by atoms with van der Waals surface area (Å²) >= 11 is 7.48. The number of benzene rings is 1. The van der Waals surface area contributed by atoms with Gasteiger partial charge in [0.15, 0.2) is 0 Å². The Kier molecular flexibility index (Phi) is 3.50. The van der Waals surface area contributed by atoms with Gasteiger partial charge in [-0.2, -0.15) is 10.2 Å². The molecule has 0 saturated heterocycles. The minimum absolute atomic E-state index is 0.147. The first-order chi connectivity index (χ1) is 10.1. The molecule has 1 aromatic carbocycles. The zero-order valence-electron chi connectivity index (χ0n) is 11.3. The average Bonchev–Trinajstić information content (AvgIpc) is 2.81. The van der Waals surface area contributed by atoms with E-state index in [1.807, 2.05) is 26.0 Å². The van der Waals surface area contributed by atoms with Crippen LogP contribution < -0.4 is 4.74 Å². The fraction of sp³-hybridized carbons (Fsp3) is 0.133. The molecule has 6 heteroatoms. The van der Waals surface area contributed by atoms with Crippen LogP contribution in [0.5, 0.6) is 11.6 Å². The van der Waals surface area contributed by atoms with Crippen LogP contribution in [0.15, 0.2) is 24.3 Å². The minimum Gasteiger partial charge on any atom is -0.438 e. The smallest absolute Gasteiger partial charge is 0.232 e. The Bertz CT molecular complexity index is 882. The zero-order valence-corrected chi connectivity index (χ0v) is 12.9. The number of aryl methyl sites for hydroxylation is 2. The summed E-state index contributed by atoms with van der Waals surface area (Å²) in [5.41, 5.74) is 1.46. The van der Waals surface area contributed by atoms with E-state index in [0.717, 1.165) is 20.7 Å². The number of ether oxygens (including phenoxy) is 1. The van der Waals surface area contributed by atoms with Crippen LogP contribution in [0, 0.1) is 25.2 Å². The van der Waals surface area contributed by atoms with Crippen LogP contribution in [0.25, 0.3) is 10.2 Å². The molecular weight excluding hydrogens is 306 g/mol. The fourth-order valence-corrected chi connectivity index (χ4v) is 3.03. The van der Waals surface area contributed by atoms with Gasteiger partial charge in [-0.3, -0.25) is 0 Å². The van der Waals surface area contributed by atoms with E-state index < -0.39 is 0 Å². The molecule has 4 nitrogen and oxygen atoms in total. The number of halogens is 1. The van der Waals surface area contributed by atoms with Crippen molar-refractivity contribution in [2.75, 3.05) is 0 Å². The summed E-state index contributed by atoms with van der Waals surface area (Å²) in [7, 11) is 0. The van der Waals surface area contributed by atoms with Gasteiger partial charge in [-0.05, 0) is 49.2 Å². The van der Waals surface area contributed by atoms with Crippen molar-refractivity contribution in [2.45, 2.75) is 13.8 Å². The van der Waals surface area contributed by atoms with Crippen LogP contribution in [0.1, 0.15) is 16.0 Å². The van der Waals surface area contributed by atoms with Crippen molar-refractivity contribution >= 4 is 33.2 Å². The van der Waals surface area contributed by atoms with E-state index in [4.69, 9.17) is 21.6 Å². The predicted molar refractivity (Wildman–Crippen MR) is 83.1 cm³/mol. The van der Waals surface area contributed by atoms with Crippen molar-refractivity contribution in [2.24, 2.45) is 0 Å². The van der Waals surface area contributed by atoms with Gasteiger partial charge < -0.3 is 4.74 Å². The second-order valence-corrected chi connectivity index (χ2v) is 6.14. The molecule has 2 heterocycles. The third kappa shape index (κ3) is 2.68. The number of hydrogen-bond donors (Lipinski definition) is 0. The molecule has 0 atom stereocenters. The molecule has 3 aromatic rings. The van der Waals surface area contributed by atoms with Crippen LogP contribution in [-0.2, 0) is 0 Å². The van der Waals surface area contributed by atoms with E-state index in [1.165, 1.54) is 11.3 Å². The molecule has 0 aliphatic rings. The normalized spacial score (nSPS) is 10.6. The molecule has 2 aromatic heterocycles. The van der Waals surface area contributed by atoms with Crippen molar-refractivity contribution in [3.05, 3.63) is 45.6 Å². The molecule has 0 saturated carbocycles. The van der Waals surface area contributed by atoms with Gasteiger partial charge in [-0.15, -0.1) is 11.3 Å². The molecule has 0 spiro atoms. The third-order valence-corrected chi connectivity index (χ3v) is 4.09. The Balaban J connectivity index is 2.12. The Hall–Kier alpha value is -2.16. The lowest BCUT2D eigenvalue weighted by atomic mass is 10.1. The topological polar surface area (TPSA) is 58.8 Å². The van der Waals surface area contributed by atoms with Crippen LogP contribution in [-0.4, -0.2) is 9.97 Å². The van der Waals surface area contributed by atoms with E-state index in [0.29, 0.717) is 17.2 Å². The number of fused-ring (bicyclic) bond motifs is 1. The van der Waals surface area contributed by atoms with Crippen LogP contribution in [0.4, 0.5) is 0 Å². The summed E-state index contributed by atoms with van der Waals surface area (Å²) in [5, 5.41) is 9.96. The van der Waals surface area contributed by atoms with E-state index in [2.05, 4.69) is 16.0 Å². The van der Waals surface area contributed by atoms with E-state index in [9.17, 15) is 0 Å². The SMILES string of the molecule is Cc1cc2c(Oc3cc(C#N)ccc3C)nc(Cl)nc2s1. The monoisotopic (exact) mass is 315 g/mol. The van der Waals surface area contributed by atoms with Crippen molar-refractivity contribution in [1.29, 1.82) is 5.26 Å². The molecular formula is C15H10ClN3OS. The maximum Gasteiger partial charge on any atom is 0.232 e. The maximum atomic E-state index is 8.99. The molecule has 0 bridgehead atoms. The molecule has 0 aliphatic heterocycles. The molecule has 21 heavy (non-hydrogen) atoms. The molecule has 104 valence electrons. The zero-order chi connectivity index (χ0) is 15.0. The van der Waals surface area contributed by atoms with Crippen LogP contribution in [0.2, 0.25) is 5.28 Å². The lowest BCUT2D eigenvalue weighted by Crippen LogP contribution is -1.93. The lowest BCUT2D eigenvalue weighted by Gasteiger charge is -2.09. The van der Waals surface area contributed by atoms with Gasteiger partial charge in [0.25, 0.3) is 0 Å². The number of nitriles is 1. The van der Waals surface area contributed by atoms with Gasteiger partial charge in [0.05, 0.1) is 17.0 Å². The van der Waals surface area contributed by atoms with Gasteiger partial charge in [0.1, 0.15) is 10.6 Å². The minimum atomic E-state index is 0.147. The highest BCUT2D eigenvalue weighted by Crippen LogP contribution is 2.34. The number of hydrogen-bond acceptors (Lipinski definition) is 5. The fourth-order valence-electron chi connectivity index (χ4n) is 1.95. The Morgan fingerprint density at radius 2 is 2.05 bits per heavy atom. The van der Waals surface area contributed by atoms with E-state index in [1.54, 1.807) is 12.1 Å². The second kappa shape index (κ2) is 5.32. The summed E-state index contributed by atoms with van der Waals surface area (Å²) in [5.74, 6) is 1.00. The molecule has 0 fully saturated rings. The molecule has 3 rings (SSSR count). The summed E-state index contributed by atoms with van der Waals surface area (Å²) in [6.07, 6.45) is 0. The number of nitrogens with zero attached hydrogens (tertiary/aromatic N) is 3. The quantitative estimate of drug-likeness (QED) is 0.647. The van der Waals surface area contributed by atoms with Crippen molar-refractivity contribution in [3.8, 4) is 17.7 Å². The predicted octanol–water partition coefficient (Wildman–Crippen LogP) is 4.63. The van der Waals surface area contributed by atoms with Crippen LogP contribution in [0.3, 0.4) is 0 Å². The van der Waals surface area contributed by atoms with Crippen molar-refractivity contribution in [1.82, 2.24) is 9.97 Å². The first-order valence-corrected chi connectivity index (χ1v) is 7.38. The first kappa shape index (κ1) is 13.8. The number of aromatic nitrogens is 2. The molecule has 0 aliphatic carbocycles. The standard InChI is InChI=1S/C15H10ClN3OS/c1-8-3-4-10(7-17)6-12(8)20-13-11-5-9(2)21-14(11)19-15(16)18-13/h3-6H,1-2H3. The largest absolute Gasteiger partial charge is 0.438 e.